The van der Waals surface area contributed by atoms with Crippen molar-refractivity contribution in [1.82, 2.24) is 0 Å². The van der Waals surface area contributed by atoms with E-state index in [-0.39, 0.29) is 0 Å². The first-order chi connectivity index (χ1) is 5.29. The van der Waals surface area contributed by atoms with Crippen LogP contribution in [0.4, 0.5) is 0 Å². The van der Waals surface area contributed by atoms with Crippen LogP contribution < -0.4 is 11.6 Å². The second-order valence-corrected chi connectivity index (χ2v) is 3.06. The molecule has 0 unspecified atom stereocenters. The van der Waals surface area contributed by atoms with Crippen molar-refractivity contribution >= 4 is 17.2 Å². The van der Waals surface area contributed by atoms with Crippen molar-refractivity contribution in [1.29, 1.82) is 0 Å². The molecule has 1 aromatic rings. The minimum atomic E-state index is 0.428. The summed E-state index contributed by atoms with van der Waals surface area (Å²) in [6.45, 7) is 2.08. The maximum atomic E-state index is 5.55. The van der Waals surface area contributed by atoms with E-state index in [0.717, 1.165) is 11.3 Å². The maximum Gasteiger partial charge on any atom is 0.160 e. The Hall–Kier alpha value is -1.03. The molecule has 11 heavy (non-hydrogen) atoms. The fraction of sp³-hybridized carbons (Fsp3) is 0.286. The normalized spacial score (nSPS) is 11.9. The van der Waals surface area contributed by atoms with Gasteiger partial charge in [0.1, 0.15) is 0 Å². The molecule has 3 nitrogen and oxygen atoms in total. The van der Waals surface area contributed by atoms with E-state index in [1.807, 2.05) is 11.4 Å². The van der Waals surface area contributed by atoms with E-state index >= 15 is 0 Å². The number of thiophene rings is 1. The molecule has 0 amide bonds. The van der Waals surface area contributed by atoms with Crippen molar-refractivity contribution in [2.75, 3.05) is 0 Å². The van der Waals surface area contributed by atoms with Crippen molar-refractivity contribution in [2.45, 2.75) is 13.3 Å². The molecule has 0 aliphatic rings. The fourth-order valence-corrected chi connectivity index (χ4v) is 1.80. The van der Waals surface area contributed by atoms with Gasteiger partial charge in [-0.25, -0.2) is 0 Å². The van der Waals surface area contributed by atoms with Crippen molar-refractivity contribution in [3.8, 4) is 0 Å². The molecule has 0 atom stereocenters. The summed E-state index contributed by atoms with van der Waals surface area (Å²) in [7, 11) is 0. The highest BCUT2D eigenvalue weighted by Gasteiger charge is 2.04. The molecule has 0 bridgehead atoms. The lowest BCUT2D eigenvalue weighted by Crippen LogP contribution is -2.15. The minimum Gasteiger partial charge on any atom is -0.381 e. The van der Waals surface area contributed by atoms with E-state index in [1.165, 1.54) is 5.56 Å². The molecule has 60 valence electrons. The third kappa shape index (κ3) is 1.51. The summed E-state index contributed by atoms with van der Waals surface area (Å²) in [5.74, 6) is 5.48. The molecule has 0 spiro atoms. The van der Waals surface area contributed by atoms with Gasteiger partial charge in [0.05, 0.1) is 4.88 Å². The van der Waals surface area contributed by atoms with Crippen LogP contribution in [0.15, 0.2) is 16.5 Å². The molecular formula is C7H11N3S. The second-order valence-electron chi connectivity index (χ2n) is 2.14. The van der Waals surface area contributed by atoms with Crippen LogP contribution in [0.2, 0.25) is 0 Å². The van der Waals surface area contributed by atoms with Gasteiger partial charge in [0.2, 0.25) is 0 Å². The highest BCUT2D eigenvalue weighted by atomic mass is 32.1. The van der Waals surface area contributed by atoms with Crippen molar-refractivity contribution < 1.29 is 0 Å². The highest BCUT2D eigenvalue weighted by Crippen LogP contribution is 2.16. The molecule has 0 fully saturated rings. The Labute approximate surface area is 69.7 Å². The van der Waals surface area contributed by atoms with Gasteiger partial charge in [0.25, 0.3) is 0 Å². The molecule has 1 aromatic heterocycles. The Morgan fingerprint density at radius 1 is 1.73 bits per heavy atom. The molecule has 0 aliphatic heterocycles. The standard InChI is InChI=1S/C7H11N3S/c1-2-5-3-4-11-6(5)7(8)10-9/h3-4H,2,9H2,1H3,(H2,8,10). The monoisotopic (exact) mass is 169 g/mol. The number of rotatable bonds is 2. The van der Waals surface area contributed by atoms with Crippen molar-refractivity contribution in [3.05, 3.63) is 21.9 Å². The molecule has 4 heteroatoms. The van der Waals surface area contributed by atoms with Crippen molar-refractivity contribution in [3.63, 3.8) is 0 Å². The van der Waals surface area contributed by atoms with Crippen LogP contribution in [-0.4, -0.2) is 5.84 Å². The van der Waals surface area contributed by atoms with E-state index < -0.39 is 0 Å². The van der Waals surface area contributed by atoms with Crippen molar-refractivity contribution in [2.24, 2.45) is 16.7 Å². The molecule has 0 saturated heterocycles. The van der Waals surface area contributed by atoms with Crippen LogP contribution in [0, 0.1) is 0 Å². The van der Waals surface area contributed by atoms with Gasteiger partial charge >= 0.3 is 0 Å². The third-order valence-corrected chi connectivity index (χ3v) is 2.48. The highest BCUT2D eigenvalue weighted by molar-refractivity contribution is 7.12. The van der Waals surface area contributed by atoms with E-state index in [9.17, 15) is 0 Å². The lowest BCUT2D eigenvalue weighted by Gasteiger charge is -1.97. The minimum absolute atomic E-state index is 0.428. The predicted molar refractivity (Wildman–Crippen MR) is 48.6 cm³/mol. The smallest absolute Gasteiger partial charge is 0.160 e. The van der Waals surface area contributed by atoms with Crippen LogP contribution in [0.1, 0.15) is 17.4 Å². The first-order valence-electron chi connectivity index (χ1n) is 3.39. The van der Waals surface area contributed by atoms with E-state index in [4.69, 9.17) is 11.6 Å². The zero-order valence-electron chi connectivity index (χ0n) is 6.37. The molecular weight excluding hydrogens is 158 g/mol. The second kappa shape index (κ2) is 3.39. The number of nitrogens with two attached hydrogens (primary N) is 2. The van der Waals surface area contributed by atoms with E-state index in [2.05, 4.69) is 12.0 Å². The Kier molecular flexibility index (Phi) is 2.48. The summed E-state index contributed by atoms with van der Waals surface area (Å²) in [6.07, 6.45) is 0.967. The van der Waals surface area contributed by atoms with Gasteiger partial charge in [0.15, 0.2) is 5.84 Å². The van der Waals surface area contributed by atoms with Crippen LogP contribution in [0.25, 0.3) is 0 Å². The Morgan fingerprint density at radius 3 is 3.00 bits per heavy atom. The number of hydrogen-bond donors (Lipinski definition) is 2. The lowest BCUT2D eigenvalue weighted by molar-refractivity contribution is 1.14. The molecule has 0 radical (unpaired) electrons. The van der Waals surface area contributed by atoms with Gasteiger partial charge in [-0.05, 0) is 23.4 Å². The van der Waals surface area contributed by atoms with Crippen LogP contribution >= 0.6 is 11.3 Å². The summed E-state index contributed by atoms with van der Waals surface area (Å²) >= 11 is 1.57. The molecule has 0 aromatic carbocycles. The first kappa shape index (κ1) is 8.07. The van der Waals surface area contributed by atoms with Gasteiger partial charge in [-0.3, -0.25) is 0 Å². The summed E-state index contributed by atoms with van der Waals surface area (Å²) in [4.78, 5) is 0.995. The quantitative estimate of drug-likeness (QED) is 0.299. The number of hydrazone groups is 1. The molecule has 1 heterocycles. The number of amidine groups is 1. The summed E-state index contributed by atoms with van der Waals surface area (Å²) in [5, 5.41) is 5.44. The van der Waals surface area contributed by atoms with E-state index in [1.54, 1.807) is 11.3 Å². The molecule has 1 rings (SSSR count). The third-order valence-electron chi connectivity index (χ3n) is 1.50. The Morgan fingerprint density at radius 2 is 2.45 bits per heavy atom. The van der Waals surface area contributed by atoms with Gasteiger partial charge in [-0.2, -0.15) is 5.10 Å². The summed E-state index contributed by atoms with van der Waals surface area (Å²) < 4.78 is 0. The number of hydrogen-bond acceptors (Lipinski definition) is 3. The summed E-state index contributed by atoms with van der Waals surface area (Å²) in [5.41, 5.74) is 6.76. The van der Waals surface area contributed by atoms with Gasteiger partial charge < -0.3 is 11.6 Å². The number of nitrogens with zero attached hydrogens (tertiary/aromatic N) is 1. The molecule has 4 N–H and O–H groups in total. The van der Waals surface area contributed by atoms with Crippen LogP contribution in [0.3, 0.4) is 0 Å². The zero-order valence-corrected chi connectivity index (χ0v) is 7.19. The van der Waals surface area contributed by atoms with Crippen LogP contribution in [0.5, 0.6) is 0 Å². The van der Waals surface area contributed by atoms with Crippen LogP contribution in [-0.2, 0) is 6.42 Å². The SMILES string of the molecule is CCc1ccsc1C(N)=NN. The lowest BCUT2D eigenvalue weighted by atomic mass is 10.2. The largest absolute Gasteiger partial charge is 0.381 e. The first-order valence-corrected chi connectivity index (χ1v) is 4.27. The molecule has 0 aliphatic carbocycles. The molecule has 0 saturated carbocycles. The fourth-order valence-electron chi connectivity index (χ4n) is 0.897. The summed E-state index contributed by atoms with van der Waals surface area (Å²) in [6, 6.07) is 2.04. The topological polar surface area (TPSA) is 64.4 Å². The van der Waals surface area contributed by atoms with Gasteiger partial charge in [-0.1, -0.05) is 6.92 Å². The predicted octanol–water partition coefficient (Wildman–Crippen LogP) is 0.890. The Bertz CT molecular complexity index is 264. The average molecular weight is 169 g/mol. The zero-order chi connectivity index (χ0) is 8.27. The van der Waals surface area contributed by atoms with Gasteiger partial charge in [0, 0.05) is 0 Å². The Balaban J connectivity index is 3.02. The average Bonchev–Trinajstić information content (AvgIpc) is 2.50. The van der Waals surface area contributed by atoms with E-state index in [0.29, 0.717) is 5.84 Å². The maximum absolute atomic E-state index is 5.55. The number of aryl methyl sites for hydroxylation is 1. The van der Waals surface area contributed by atoms with Gasteiger partial charge in [-0.15, -0.1) is 11.3 Å².